The number of para-hydroxylation sites is 6. The van der Waals surface area contributed by atoms with Gasteiger partial charge >= 0.3 is 0 Å². The first-order valence-electron chi connectivity index (χ1n) is 12.3. The minimum atomic E-state index is 0.630. The predicted molar refractivity (Wildman–Crippen MR) is 150 cm³/mol. The molecule has 2 heterocycles. The summed E-state index contributed by atoms with van der Waals surface area (Å²) in [5.41, 5.74) is 5.89. The number of nitrogens with one attached hydrogen (secondary N) is 2. The lowest BCUT2D eigenvalue weighted by Gasteiger charge is -2.12. The van der Waals surface area contributed by atoms with Crippen molar-refractivity contribution in [1.29, 1.82) is 0 Å². The molecule has 0 bridgehead atoms. The van der Waals surface area contributed by atoms with E-state index in [0.29, 0.717) is 23.0 Å². The Labute approximate surface area is 218 Å². The smallest absolute Gasteiger partial charge is 0.169 e. The molecule has 7 aromatic rings. The Morgan fingerprint density at radius 2 is 0.816 bits per heavy atom. The molecule has 0 aliphatic rings. The molecule has 0 atom stereocenters. The summed E-state index contributed by atoms with van der Waals surface area (Å²) in [7, 11) is 0. The number of fused-ring (bicyclic) bond motifs is 2. The van der Waals surface area contributed by atoms with Crippen LogP contribution in [0.5, 0.6) is 23.0 Å². The molecule has 2 aromatic heterocycles. The fourth-order valence-electron chi connectivity index (χ4n) is 4.41. The van der Waals surface area contributed by atoms with Gasteiger partial charge in [-0.2, -0.15) is 0 Å². The summed E-state index contributed by atoms with van der Waals surface area (Å²) < 4.78 is 12.4. The van der Waals surface area contributed by atoms with Gasteiger partial charge in [0, 0.05) is 11.1 Å². The van der Waals surface area contributed by atoms with Gasteiger partial charge in [0.2, 0.25) is 0 Å². The summed E-state index contributed by atoms with van der Waals surface area (Å²) in [6.45, 7) is 0. The van der Waals surface area contributed by atoms with Crippen LogP contribution in [0.2, 0.25) is 0 Å². The van der Waals surface area contributed by atoms with Crippen molar-refractivity contribution < 1.29 is 9.47 Å². The number of imidazole rings is 2. The molecule has 0 radical (unpaired) electrons. The zero-order valence-corrected chi connectivity index (χ0v) is 20.3. The second-order valence-electron chi connectivity index (χ2n) is 8.90. The third-order valence-electron chi connectivity index (χ3n) is 6.34. The summed E-state index contributed by atoms with van der Waals surface area (Å²) >= 11 is 0. The highest BCUT2D eigenvalue weighted by atomic mass is 16.5. The first-order valence-corrected chi connectivity index (χ1v) is 12.3. The molecule has 0 saturated heterocycles. The number of aromatic amines is 2. The zero-order chi connectivity index (χ0) is 25.3. The summed E-state index contributed by atoms with van der Waals surface area (Å²) in [5, 5.41) is 0. The third-order valence-corrected chi connectivity index (χ3v) is 6.34. The van der Waals surface area contributed by atoms with Crippen molar-refractivity contribution >= 4 is 22.1 Å². The lowest BCUT2D eigenvalue weighted by Crippen LogP contribution is -1.91. The van der Waals surface area contributed by atoms with E-state index in [0.717, 1.165) is 44.8 Å². The molecule has 0 saturated carbocycles. The van der Waals surface area contributed by atoms with Gasteiger partial charge in [-0.3, -0.25) is 0 Å². The number of benzene rings is 5. The van der Waals surface area contributed by atoms with E-state index in [-0.39, 0.29) is 0 Å². The van der Waals surface area contributed by atoms with Crippen molar-refractivity contribution in [2.75, 3.05) is 0 Å². The van der Waals surface area contributed by atoms with Crippen LogP contribution in [0.1, 0.15) is 0 Å². The van der Waals surface area contributed by atoms with Gasteiger partial charge < -0.3 is 19.4 Å². The standard InChI is InChI=1S/C32H22N4O2/c1-2-8-26-25(7-1)33-31(34-26)21-13-17-23(18-14-21)37-29-11-5-6-12-30(29)38-24-19-15-22(16-20-24)32-35-27-9-3-4-10-28(27)36-32/h1-20H,(H,33,34)(H,35,36). The van der Waals surface area contributed by atoms with E-state index < -0.39 is 0 Å². The molecule has 0 aliphatic heterocycles. The third kappa shape index (κ3) is 4.24. The van der Waals surface area contributed by atoms with Gasteiger partial charge in [-0.25, -0.2) is 9.97 Å². The van der Waals surface area contributed by atoms with E-state index in [2.05, 4.69) is 19.9 Å². The molecule has 5 aromatic carbocycles. The van der Waals surface area contributed by atoms with Crippen molar-refractivity contribution in [3.8, 4) is 45.8 Å². The molecular formula is C32H22N4O2. The van der Waals surface area contributed by atoms with Crippen molar-refractivity contribution in [1.82, 2.24) is 19.9 Å². The van der Waals surface area contributed by atoms with Gasteiger partial charge in [0.15, 0.2) is 11.5 Å². The van der Waals surface area contributed by atoms with E-state index >= 15 is 0 Å². The van der Waals surface area contributed by atoms with Crippen LogP contribution < -0.4 is 9.47 Å². The highest BCUT2D eigenvalue weighted by Crippen LogP contribution is 2.35. The van der Waals surface area contributed by atoms with Gasteiger partial charge in [0.05, 0.1) is 22.1 Å². The average molecular weight is 495 g/mol. The van der Waals surface area contributed by atoms with Gasteiger partial charge in [-0.05, 0) is 84.9 Å². The first kappa shape index (κ1) is 21.9. The Kier molecular flexibility index (Phi) is 5.33. The molecule has 0 aliphatic carbocycles. The van der Waals surface area contributed by atoms with Crippen LogP contribution in [-0.2, 0) is 0 Å². The number of hydrogen-bond donors (Lipinski definition) is 2. The zero-order valence-electron chi connectivity index (χ0n) is 20.3. The highest BCUT2D eigenvalue weighted by Gasteiger charge is 2.10. The Morgan fingerprint density at radius 1 is 0.421 bits per heavy atom. The molecule has 6 nitrogen and oxygen atoms in total. The number of ether oxygens (including phenoxy) is 2. The summed E-state index contributed by atoms with van der Waals surface area (Å²) in [6, 6.07) is 39.3. The van der Waals surface area contributed by atoms with E-state index in [9.17, 15) is 0 Å². The molecule has 0 spiro atoms. The molecule has 7 rings (SSSR count). The van der Waals surface area contributed by atoms with Crippen molar-refractivity contribution in [3.63, 3.8) is 0 Å². The number of nitrogens with zero attached hydrogens (tertiary/aromatic N) is 2. The topological polar surface area (TPSA) is 75.8 Å². The summed E-state index contributed by atoms with van der Waals surface area (Å²) in [6.07, 6.45) is 0. The van der Waals surface area contributed by atoms with Crippen LogP contribution in [0.25, 0.3) is 44.8 Å². The normalized spacial score (nSPS) is 11.2. The maximum absolute atomic E-state index is 6.19. The molecule has 38 heavy (non-hydrogen) atoms. The second-order valence-corrected chi connectivity index (χ2v) is 8.90. The van der Waals surface area contributed by atoms with Crippen LogP contribution in [0.4, 0.5) is 0 Å². The van der Waals surface area contributed by atoms with E-state index in [1.807, 2.05) is 121 Å². The molecule has 0 amide bonds. The second kappa shape index (κ2) is 9.26. The van der Waals surface area contributed by atoms with E-state index in [1.54, 1.807) is 0 Å². The maximum atomic E-state index is 6.19. The van der Waals surface area contributed by atoms with Gasteiger partial charge in [-0.1, -0.05) is 36.4 Å². The number of aromatic nitrogens is 4. The number of rotatable bonds is 6. The van der Waals surface area contributed by atoms with Gasteiger partial charge in [0.1, 0.15) is 23.1 Å². The minimum Gasteiger partial charge on any atom is -0.453 e. The lowest BCUT2D eigenvalue weighted by molar-refractivity contribution is 0.419. The van der Waals surface area contributed by atoms with Crippen LogP contribution >= 0.6 is 0 Å². The summed E-state index contributed by atoms with van der Waals surface area (Å²) in [5.74, 6) is 4.33. The molecule has 0 fully saturated rings. The largest absolute Gasteiger partial charge is 0.453 e. The number of H-pyrrole nitrogens is 2. The molecule has 0 unspecified atom stereocenters. The van der Waals surface area contributed by atoms with Crippen molar-refractivity contribution in [3.05, 3.63) is 121 Å². The molecule has 2 N–H and O–H groups in total. The predicted octanol–water partition coefficient (Wildman–Crippen LogP) is 8.36. The fourth-order valence-corrected chi connectivity index (χ4v) is 4.41. The van der Waals surface area contributed by atoms with Crippen molar-refractivity contribution in [2.45, 2.75) is 0 Å². The van der Waals surface area contributed by atoms with Gasteiger partial charge in [-0.15, -0.1) is 0 Å². The van der Waals surface area contributed by atoms with Crippen LogP contribution in [0.15, 0.2) is 121 Å². The Hall–Kier alpha value is -5.36. The fraction of sp³-hybridized carbons (Fsp3) is 0. The highest BCUT2D eigenvalue weighted by molar-refractivity contribution is 5.80. The summed E-state index contributed by atoms with van der Waals surface area (Å²) in [4.78, 5) is 16.1. The Balaban J connectivity index is 1.08. The monoisotopic (exact) mass is 494 g/mol. The molecule has 6 heteroatoms. The van der Waals surface area contributed by atoms with Crippen LogP contribution in [0.3, 0.4) is 0 Å². The maximum Gasteiger partial charge on any atom is 0.169 e. The molecule has 182 valence electrons. The minimum absolute atomic E-state index is 0.630. The Morgan fingerprint density at radius 3 is 1.24 bits per heavy atom. The van der Waals surface area contributed by atoms with E-state index in [4.69, 9.17) is 9.47 Å². The van der Waals surface area contributed by atoms with Gasteiger partial charge in [0.25, 0.3) is 0 Å². The van der Waals surface area contributed by atoms with Crippen molar-refractivity contribution in [2.24, 2.45) is 0 Å². The SMILES string of the molecule is c1ccc(Oc2ccc(-c3nc4ccccc4[nH]3)cc2)c(Oc2ccc(-c3nc4ccccc4[nH]3)cc2)c1. The number of hydrogen-bond acceptors (Lipinski definition) is 4. The lowest BCUT2D eigenvalue weighted by atomic mass is 10.2. The quantitative estimate of drug-likeness (QED) is 0.244. The Bertz CT molecular complexity index is 1660. The van der Waals surface area contributed by atoms with Crippen LogP contribution in [-0.4, -0.2) is 19.9 Å². The first-order chi connectivity index (χ1) is 18.8. The van der Waals surface area contributed by atoms with Crippen LogP contribution in [0, 0.1) is 0 Å². The average Bonchev–Trinajstić information content (AvgIpc) is 3.60. The molecular weight excluding hydrogens is 472 g/mol. The van der Waals surface area contributed by atoms with E-state index in [1.165, 1.54) is 0 Å².